The van der Waals surface area contributed by atoms with E-state index in [9.17, 15) is 26.3 Å². The van der Waals surface area contributed by atoms with Crippen LogP contribution in [-0.2, 0) is 9.59 Å². The summed E-state index contributed by atoms with van der Waals surface area (Å²) in [6, 6.07) is 15.7. The second kappa shape index (κ2) is 16.0. The Labute approximate surface area is 270 Å². The van der Waals surface area contributed by atoms with Crippen LogP contribution in [0.1, 0.15) is 5.56 Å². The first-order chi connectivity index (χ1) is 22.1. The van der Waals surface area contributed by atoms with Gasteiger partial charge in [-0.2, -0.15) is 31.6 Å². The van der Waals surface area contributed by atoms with Crippen molar-refractivity contribution >= 4 is 44.9 Å². The highest BCUT2D eigenvalue weighted by Gasteiger charge is 2.38. The average molecular weight is 732 g/mol. The summed E-state index contributed by atoms with van der Waals surface area (Å²) in [6.07, 6.45) is -6.78. The maximum absolute atomic E-state index is 10.6. The molecule has 0 radical (unpaired) electrons. The van der Waals surface area contributed by atoms with E-state index in [0.29, 0.717) is 12.2 Å². The number of benzene rings is 1. The third-order valence-electron chi connectivity index (χ3n) is 6.17. The van der Waals surface area contributed by atoms with Gasteiger partial charge in [0.25, 0.3) is 0 Å². The molecule has 1 aromatic carbocycles. The second-order valence-electron chi connectivity index (χ2n) is 9.43. The number of carbonyl (C=O) groups is 2. The summed E-state index contributed by atoms with van der Waals surface area (Å²) < 4.78 is 70.3. The fraction of sp³-hybridized carbons (Fsp3) is 0.286. The molecule has 1 fully saturated rings. The first kappa shape index (κ1) is 36.5. The summed E-state index contributed by atoms with van der Waals surface area (Å²) in [7, 11) is 0. The maximum Gasteiger partial charge on any atom is 0.490 e. The fourth-order valence-corrected chi connectivity index (χ4v) is 4.17. The van der Waals surface area contributed by atoms with E-state index in [1.165, 1.54) is 0 Å². The van der Waals surface area contributed by atoms with Crippen molar-refractivity contribution in [3.05, 3.63) is 64.9 Å². The van der Waals surface area contributed by atoms with Gasteiger partial charge in [-0.1, -0.05) is 0 Å². The van der Waals surface area contributed by atoms with Crippen LogP contribution in [0.3, 0.4) is 0 Å². The van der Waals surface area contributed by atoms with Gasteiger partial charge in [-0.15, -0.1) is 0 Å². The number of hydrogen-bond donors (Lipinski definition) is 3. The lowest BCUT2D eigenvalue weighted by Gasteiger charge is -2.35. The molecule has 12 nitrogen and oxygen atoms in total. The van der Waals surface area contributed by atoms with Crippen molar-refractivity contribution in [1.82, 2.24) is 24.8 Å². The van der Waals surface area contributed by atoms with E-state index >= 15 is 0 Å². The molecular weight excluding hydrogens is 708 g/mol. The Morgan fingerprint density at radius 1 is 0.936 bits per heavy atom. The van der Waals surface area contributed by atoms with Crippen molar-refractivity contribution in [1.29, 1.82) is 5.26 Å². The van der Waals surface area contributed by atoms with Gasteiger partial charge in [-0.3, -0.25) is 4.90 Å². The molecule has 0 saturated carbocycles. The molecule has 0 aliphatic carbocycles. The van der Waals surface area contributed by atoms with Crippen LogP contribution in [0.4, 0.5) is 32.2 Å². The van der Waals surface area contributed by atoms with Crippen molar-refractivity contribution in [2.24, 2.45) is 0 Å². The minimum absolute atomic E-state index is 0.588. The smallest absolute Gasteiger partial charge is 0.490 e. The Morgan fingerprint density at radius 3 is 2.04 bits per heavy atom. The van der Waals surface area contributed by atoms with Crippen molar-refractivity contribution < 1.29 is 50.9 Å². The second-order valence-corrected chi connectivity index (χ2v) is 10.3. The third kappa shape index (κ3) is 11.4. The molecule has 5 rings (SSSR count). The van der Waals surface area contributed by atoms with Gasteiger partial charge in [0.15, 0.2) is 5.65 Å². The van der Waals surface area contributed by atoms with Crippen LogP contribution in [0, 0.1) is 11.3 Å². The zero-order valence-corrected chi connectivity index (χ0v) is 25.5. The number of carboxylic acid groups (broad SMARTS) is 2. The van der Waals surface area contributed by atoms with Gasteiger partial charge in [-0.25, -0.2) is 24.5 Å². The predicted molar refractivity (Wildman–Crippen MR) is 158 cm³/mol. The number of nitriles is 1. The van der Waals surface area contributed by atoms with E-state index in [0.717, 1.165) is 71.3 Å². The standard InChI is InChI=1S/C24H22BrN7O.2C2HF3O2/c25-19-13-21-24(28-16-19)30-23(29-21)18-2-4-20(5-3-18)33-12-11-31-7-9-32(10-8-31)22-6-1-17(14-26)15-27-22;2*3-2(4,5)1(6)7/h1-6,13,15-16H,7-12H2,(H,28,29,30);2*(H,6,7). The average Bonchev–Trinajstić information content (AvgIpc) is 3.45. The molecule has 250 valence electrons. The first-order valence-corrected chi connectivity index (χ1v) is 14.0. The topological polar surface area (TPSA) is 169 Å². The van der Waals surface area contributed by atoms with Crippen LogP contribution in [0.5, 0.6) is 5.75 Å². The number of rotatable bonds is 6. The molecule has 0 atom stereocenters. The number of aliphatic carboxylic acids is 2. The summed E-state index contributed by atoms with van der Waals surface area (Å²) in [5.74, 6) is -2.95. The largest absolute Gasteiger partial charge is 0.492 e. The number of nitrogens with one attached hydrogen (secondary N) is 1. The SMILES string of the molecule is N#Cc1ccc(N2CCN(CCOc3ccc(-c4nc5cc(Br)cnc5[nH]4)cc3)CC2)nc1.O=C(O)C(F)(F)F.O=C(O)C(F)(F)F. The highest BCUT2D eigenvalue weighted by Crippen LogP contribution is 2.24. The molecule has 3 N–H and O–H groups in total. The Morgan fingerprint density at radius 2 is 1.53 bits per heavy atom. The minimum atomic E-state index is -5.08. The molecule has 1 aliphatic heterocycles. The van der Waals surface area contributed by atoms with E-state index in [4.69, 9.17) is 29.8 Å². The summed E-state index contributed by atoms with van der Waals surface area (Å²) in [4.78, 5) is 39.0. The molecule has 4 heterocycles. The van der Waals surface area contributed by atoms with Gasteiger partial charge in [-0.05, 0) is 58.4 Å². The summed E-state index contributed by atoms with van der Waals surface area (Å²) in [6.45, 7) is 5.25. The van der Waals surface area contributed by atoms with E-state index in [2.05, 4.69) is 51.7 Å². The van der Waals surface area contributed by atoms with Crippen molar-refractivity contribution in [3.63, 3.8) is 0 Å². The lowest BCUT2D eigenvalue weighted by molar-refractivity contribution is -0.193. The van der Waals surface area contributed by atoms with Gasteiger partial charge in [0.05, 0.1) is 5.56 Å². The van der Waals surface area contributed by atoms with Crippen molar-refractivity contribution in [2.45, 2.75) is 12.4 Å². The monoisotopic (exact) mass is 731 g/mol. The van der Waals surface area contributed by atoms with E-state index in [1.807, 2.05) is 42.5 Å². The Balaban J connectivity index is 0.000000360. The number of carboxylic acids is 2. The van der Waals surface area contributed by atoms with Gasteiger partial charge >= 0.3 is 24.3 Å². The fourth-order valence-electron chi connectivity index (χ4n) is 3.85. The zero-order chi connectivity index (χ0) is 34.8. The molecule has 0 bridgehead atoms. The molecule has 0 unspecified atom stereocenters. The number of fused-ring (bicyclic) bond motifs is 1. The Hall–Kier alpha value is -4.96. The van der Waals surface area contributed by atoms with Gasteiger partial charge in [0.1, 0.15) is 35.6 Å². The van der Waals surface area contributed by atoms with Crippen molar-refractivity contribution in [3.8, 4) is 23.2 Å². The van der Waals surface area contributed by atoms with Crippen LogP contribution in [0.25, 0.3) is 22.6 Å². The number of imidazole rings is 1. The van der Waals surface area contributed by atoms with E-state index in [1.54, 1.807) is 12.4 Å². The number of piperazine rings is 1. The van der Waals surface area contributed by atoms with Crippen molar-refractivity contribution in [2.75, 3.05) is 44.2 Å². The van der Waals surface area contributed by atoms with Gasteiger partial charge < -0.3 is 24.8 Å². The predicted octanol–water partition coefficient (Wildman–Crippen LogP) is 5.12. The lowest BCUT2D eigenvalue weighted by Crippen LogP contribution is -2.47. The number of alkyl halides is 6. The molecule has 0 amide bonds. The van der Waals surface area contributed by atoms with E-state index < -0.39 is 24.3 Å². The Kier molecular flexibility index (Phi) is 12.5. The van der Waals surface area contributed by atoms with E-state index in [-0.39, 0.29) is 0 Å². The van der Waals surface area contributed by atoms with Gasteiger partial charge in [0, 0.05) is 55.2 Å². The number of halogens is 7. The van der Waals surface area contributed by atoms with Gasteiger partial charge in [0.2, 0.25) is 0 Å². The highest BCUT2D eigenvalue weighted by molar-refractivity contribution is 9.10. The number of pyridine rings is 2. The first-order valence-electron chi connectivity index (χ1n) is 13.2. The number of aromatic amines is 1. The number of anilines is 1. The maximum atomic E-state index is 10.6. The van der Waals surface area contributed by atoms with Crippen LogP contribution < -0.4 is 9.64 Å². The summed E-state index contributed by atoms with van der Waals surface area (Å²) >= 11 is 3.43. The molecule has 1 aliphatic rings. The molecule has 4 aromatic rings. The summed E-state index contributed by atoms with van der Waals surface area (Å²) in [5.41, 5.74) is 3.17. The number of hydrogen-bond acceptors (Lipinski definition) is 9. The van der Waals surface area contributed by atoms with Crippen LogP contribution in [-0.4, -0.2) is 98.7 Å². The summed E-state index contributed by atoms with van der Waals surface area (Å²) in [5, 5.41) is 23.2. The quantitative estimate of drug-likeness (QED) is 0.225. The molecular formula is C28H24BrF6N7O5. The van der Waals surface area contributed by atoms with Crippen LogP contribution in [0.2, 0.25) is 0 Å². The number of nitrogens with zero attached hydrogens (tertiary/aromatic N) is 6. The highest BCUT2D eigenvalue weighted by atomic mass is 79.9. The third-order valence-corrected chi connectivity index (χ3v) is 6.60. The molecule has 19 heteroatoms. The molecule has 1 saturated heterocycles. The van der Waals surface area contributed by atoms with Crippen LogP contribution in [0.15, 0.2) is 59.3 Å². The number of ether oxygens (including phenoxy) is 1. The lowest BCUT2D eigenvalue weighted by atomic mass is 10.2. The number of H-pyrrole nitrogens is 1. The molecule has 3 aromatic heterocycles. The molecule has 47 heavy (non-hydrogen) atoms. The molecule has 0 spiro atoms. The Bertz CT molecular complexity index is 1660. The number of aromatic nitrogens is 4. The zero-order valence-electron chi connectivity index (χ0n) is 23.9. The minimum Gasteiger partial charge on any atom is -0.492 e. The van der Waals surface area contributed by atoms with Crippen LogP contribution >= 0.6 is 15.9 Å². The normalized spacial score (nSPS) is 13.4.